The summed E-state index contributed by atoms with van der Waals surface area (Å²) >= 11 is 6.17. The monoisotopic (exact) mass is 483 g/mol. The second kappa shape index (κ2) is 9.45. The minimum absolute atomic E-state index is 0.101. The van der Waals surface area contributed by atoms with Crippen LogP contribution in [0.15, 0.2) is 71.6 Å². The van der Waals surface area contributed by atoms with E-state index in [4.69, 9.17) is 11.6 Å². The minimum atomic E-state index is -3.74. The van der Waals surface area contributed by atoms with Crippen molar-refractivity contribution in [1.82, 2.24) is 4.90 Å². The molecule has 0 unspecified atom stereocenters. The zero-order valence-corrected chi connectivity index (χ0v) is 20.2. The molecule has 0 bridgehead atoms. The van der Waals surface area contributed by atoms with Gasteiger partial charge in [0, 0.05) is 42.5 Å². The van der Waals surface area contributed by atoms with Crippen molar-refractivity contribution in [1.29, 1.82) is 0 Å². The SMILES string of the molecule is Cc1ccc(Cl)cc1N1CCN(C(=O)c2cccc(NS(=O)(=O)c3ccccc3)c2C)CC1. The van der Waals surface area contributed by atoms with Crippen molar-refractivity contribution in [2.45, 2.75) is 18.7 Å². The maximum absolute atomic E-state index is 13.3. The van der Waals surface area contributed by atoms with Crippen LogP contribution in [-0.4, -0.2) is 45.4 Å². The van der Waals surface area contributed by atoms with Gasteiger partial charge in [0.1, 0.15) is 0 Å². The van der Waals surface area contributed by atoms with Crippen molar-refractivity contribution in [3.05, 3.63) is 88.4 Å². The molecule has 1 saturated heterocycles. The number of anilines is 2. The van der Waals surface area contributed by atoms with Crippen molar-refractivity contribution in [3.63, 3.8) is 0 Å². The Hall–Kier alpha value is -3.03. The van der Waals surface area contributed by atoms with Gasteiger partial charge >= 0.3 is 0 Å². The van der Waals surface area contributed by atoms with Crippen LogP contribution in [0.4, 0.5) is 11.4 Å². The highest BCUT2D eigenvalue weighted by Gasteiger charge is 2.25. The summed E-state index contributed by atoms with van der Waals surface area (Å²) in [7, 11) is -3.74. The molecule has 1 aliphatic rings. The van der Waals surface area contributed by atoms with E-state index >= 15 is 0 Å². The van der Waals surface area contributed by atoms with Gasteiger partial charge in [-0.05, 0) is 61.4 Å². The average molecular weight is 484 g/mol. The summed E-state index contributed by atoms with van der Waals surface area (Å²) in [5, 5.41) is 0.694. The Labute approximate surface area is 199 Å². The predicted octanol–water partition coefficient (Wildman–Crippen LogP) is 4.72. The van der Waals surface area contributed by atoms with Crippen LogP contribution in [0.2, 0.25) is 5.02 Å². The molecule has 33 heavy (non-hydrogen) atoms. The first-order valence-electron chi connectivity index (χ1n) is 10.7. The van der Waals surface area contributed by atoms with E-state index in [2.05, 4.69) is 16.5 Å². The van der Waals surface area contributed by atoms with Crippen LogP contribution in [0.5, 0.6) is 0 Å². The van der Waals surface area contributed by atoms with E-state index in [9.17, 15) is 13.2 Å². The summed E-state index contributed by atoms with van der Waals surface area (Å²) in [4.78, 5) is 17.5. The fourth-order valence-electron chi connectivity index (χ4n) is 4.03. The Morgan fingerprint density at radius 3 is 2.30 bits per heavy atom. The maximum atomic E-state index is 13.3. The number of hydrogen-bond donors (Lipinski definition) is 1. The summed E-state index contributed by atoms with van der Waals surface area (Å²) in [6.45, 7) is 6.36. The molecule has 4 rings (SSSR count). The highest BCUT2D eigenvalue weighted by molar-refractivity contribution is 7.92. The van der Waals surface area contributed by atoms with Gasteiger partial charge in [-0.3, -0.25) is 9.52 Å². The third-order valence-electron chi connectivity index (χ3n) is 5.94. The summed E-state index contributed by atoms with van der Waals surface area (Å²) < 4.78 is 28.1. The molecule has 3 aromatic rings. The predicted molar refractivity (Wildman–Crippen MR) is 133 cm³/mol. The molecule has 0 saturated carbocycles. The van der Waals surface area contributed by atoms with E-state index in [0.717, 1.165) is 11.3 Å². The van der Waals surface area contributed by atoms with Gasteiger partial charge in [0.05, 0.1) is 10.6 Å². The van der Waals surface area contributed by atoms with E-state index < -0.39 is 10.0 Å². The minimum Gasteiger partial charge on any atom is -0.368 e. The number of benzene rings is 3. The maximum Gasteiger partial charge on any atom is 0.261 e. The van der Waals surface area contributed by atoms with Gasteiger partial charge in [0.15, 0.2) is 0 Å². The third kappa shape index (κ3) is 4.99. The molecule has 1 heterocycles. The van der Waals surface area contributed by atoms with Gasteiger partial charge in [-0.1, -0.05) is 41.9 Å². The Bertz CT molecular complexity index is 1270. The van der Waals surface area contributed by atoms with Crippen LogP contribution in [0.1, 0.15) is 21.5 Å². The number of halogens is 1. The highest BCUT2D eigenvalue weighted by atomic mass is 35.5. The lowest BCUT2D eigenvalue weighted by Crippen LogP contribution is -2.49. The third-order valence-corrected chi connectivity index (χ3v) is 7.56. The van der Waals surface area contributed by atoms with E-state index in [-0.39, 0.29) is 10.8 Å². The topological polar surface area (TPSA) is 69.7 Å². The first-order chi connectivity index (χ1) is 15.8. The van der Waals surface area contributed by atoms with Crippen molar-refractivity contribution < 1.29 is 13.2 Å². The van der Waals surface area contributed by atoms with E-state index in [1.807, 2.05) is 23.1 Å². The van der Waals surface area contributed by atoms with Gasteiger partial charge in [0.2, 0.25) is 0 Å². The number of aryl methyl sites for hydroxylation is 1. The Morgan fingerprint density at radius 1 is 0.909 bits per heavy atom. The van der Waals surface area contributed by atoms with Crippen LogP contribution in [0, 0.1) is 13.8 Å². The van der Waals surface area contributed by atoms with Crippen molar-refractivity contribution >= 4 is 38.9 Å². The summed E-state index contributed by atoms with van der Waals surface area (Å²) in [6, 6.07) is 19.1. The molecular formula is C25H26ClN3O3S. The average Bonchev–Trinajstić information content (AvgIpc) is 2.82. The van der Waals surface area contributed by atoms with Crippen LogP contribution < -0.4 is 9.62 Å². The van der Waals surface area contributed by atoms with Crippen LogP contribution in [0.25, 0.3) is 0 Å². The molecule has 8 heteroatoms. The fourth-order valence-corrected chi connectivity index (χ4v) is 5.34. The zero-order valence-electron chi connectivity index (χ0n) is 18.6. The fraction of sp³-hybridized carbons (Fsp3) is 0.240. The second-order valence-electron chi connectivity index (χ2n) is 8.11. The lowest BCUT2D eigenvalue weighted by atomic mass is 10.1. The molecule has 0 aliphatic carbocycles. The molecule has 3 aromatic carbocycles. The van der Waals surface area contributed by atoms with Crippen molar-refractivity contribution in [2.75, 3.05) is 35.8 Å². The molecule has 1 aliphatic heterocycles. The van der Waals surface area contributed by atoms with Gasteiger partial charge in [-0.2, -0.15) is 0 Å². The second-order valence-corrected chi connectivity index (χ2v) is 10.2. The molecule has 6 nitrogen and oxygen atoms in total. The van der Waals surface area contributed by atoms with Gasteiger partial charge < -0.3 is 9.80 Å². The van der Waals surface area contributed by atoms with Crippen molar-refractivity contribution in [2.24, 2.45) is 0 Å². The van der Waals surface area contributed by atoms with Crippen LogP contribution >= 0.6 is 11.6 Å². The zero-order chi connectivity index (χ0) is 23.6. The molecule has 0 spiro atoms. The lowest BCUT2D eigenvalue weighted by molar-refractivity contribution is 0.0746. The van der Waals surface area contributed by atoms with Crippen molar-refractivity contribution in [3.8, 4) is 0 Å². The normalized spacial score (nSPS) is 14.3. The number of hydrogen-bond acceptors (Lipinski definition) is 4. The first-order valence-corrected chi connectivity index (χ1v) is 12.6. The number of rotatable bonds is 5. The number of amides is 1. The van der Waals surface area contributed by atoms with Gasteiger partial charge in [-0.25, -0.2) is 8.42 Å². The van der Waals surface area contributed by atoms with Gasteiger partial charge in [-0.15, -0.1) is 0 Å². The first kappa shape index (κ1) is 23.1. The molecule has 0 radical (unpaired) electrons. The molecule has 0 aromatic heterocycles. The van der Waals surface area contributed by atoms with E-state index in [0.29, 0.717) is 48.0 Å². The summed E-state index contributed by atoms with van der Waals surface area (Å²) in [5.74, 6) is -0.101. The van der Waals surface area contributed by atoms with E-state index in [1.165, 1.54) is 12.1 Å². The Kier molecular flexibility index (Phi) is 6.63. The van der Waals surface area contributed by atoms with Crippen LogP contribution in [0.3, 0.4) is 0 Å². The molecule has 1 amide bonds. The van der Waals surface area contributed by atoms with E-state index in [1.54, 1.807) is 43.3 Å². The quantitative estimate of drug-likeness (QED) is 0.570. The number of nitrogens with one attached hydrogen (secondary N) is 1. The number of nitrogens with zero attached hydrogens (tertiary/aromatic N) is 2. The van der Waals surface area contributed by atoms with Crippen LogP contribution in [-0.2, 0) is 10.0 Å². The molecular weight excluding hydrogens is 458 g/mol. The standard InChI is InChI=1S/C25H26ClN3O3S/c1-18-11-12-20(26)17-24(18)28-13-15-29(16-14-28)25(30)22-9-6-10-23(19(22)2)27-33(31,32)21-7-4-3-5-8-21/h3-12,17,27H,13-16H2,1-2H3. The highest BCUT2D eigenvalue weighted by Crippen LogP contribution is 2.27. The summed E-state index contributed by atoms with van der Waals surface area (Å²) in [5.41, 5.74) is 3.74. The number of carbonyl (C=O) groups excluding carboxylic acids is 1. The number of sulfonamides is 1. The smallest absolute Gasteiger partial charge is 0.261 e. The molecule has 172 valence electrons. The Balaban J connectivity index is 1.49. The molecule has 0 atom stereocenters. The van der Waals surface area contributed by atoms with Gasteiger partial charge in [0.25, 0.3) is 15.9 Å². The largest absolute Gasteiger partial charge is 0.368 e. The number of piperazine rings is 1. The lowest BCUT2D eigenvalue weighted by Gasteiger charge is -2.37. The molecule has 1 N–H and O–H groups in total. The number of carbonyl (C=O) groups is 1. The Morgan fingerprint density at radius 2 is 1.61 bits per heavy atom. The summed E-state index contributed by atoms with van der Waals surface area (Å²) in [6.07, 6.45) is 0. The molecule has 1 fully saturated rings.